The monoisotopic (exact) mass is 424 g/mol. The largest absolute Gasteiger partial charge is 0.494 e. The molecular formula is C26H36N2O3. The molecule has 0 bridgehead atoms. The number of hydrogen-bond acceptors (Lipinski definition) is 4. The van der Waals surface area contributed by atoms with E-state index in [9.17, 15) is 4.79 Å². The summed E-state index contributed by atoms with van der Waals surface area (Å²) in [5, 5.41) is 2.18. The number of rotatable bonds is 7. The lowest BCUT2D eigenvalue weighted by Crippen LogP contribution is -2.40. The van der Waals surface area contributed by atoms with E-state index in [-0.39, 0.29) is 5.91 Å². The summed E-state index contributed by atoms with van der Waals surface area (Å²) in [6.07, 6.45) is 5.00. The first-order valence-corrected chi connectivity index (χ1v) is 11.9. The van der Waals surface area contributed by atoms with E-state index in [4.69, 9.17) is 9.47 Å². The van der Waals surface area contributed by atoms with Gasteiger partial charge in [-0.05, 0) is 93.6 Å². The van der Waals surface area contributed by atoms with Gasteiger partial charge in [0.2, 0.25) is 0 Å². The van der Waals surface area contributed by atoms with Crippen LogP contribution >= 0.6 is 0 Å². The highest BCUT2D eigenvalue weighted by atomic mass is 16.5. The fraction of sp³-hybridized carbons (Fsp3) is 0.577. The Balaban J connectivity index is 1.26. The normalized spacial score (nSPS) is 18.6. The van der Waals surface area contributed by atoms with Gasteiger partial charge in [0.15, 0.2) is 0 Å². The molecule has 5 heteroatoms. The molecule has 31 heavy (non-hydrogen) atoms. The summed E-state index contributed by atoms with van der Waals surface area (Å²) in [6, 6.07) is 12.8. The van der Waals surface area contributed by atoms with Crippen LogP contribution in [0.2, 0.25) is 0 Å². The van der Waals surface area contributed by atoms with Crippen LogP contribution in [0.5, 0.6) is 5.75 Å². The van der Waals surface area contributed by atoms with Crippen molar-refractivity contribution < 1.29 is 14.3 Å². The zero-order chi connectivity index (χ0) is 21.6. The molecule has 0 radical (unpaired) electrons. The highest BCUT2D eigenvalue weighted by Crippen LogP contribution is 2.25. The number of carbonyl (C=O) groups is 1. The predicted molar refractivity (Wildman–Crippen MR) is 125 cm³/mol. The summed E-state index contributed by atoms with van der Waals surface area (Å²) < 4.78 is 11.4. The van der Waals surface area contributed by atoms with E-state index in [1.807, 2.05) is 29.2 Å². The summed E-state index contributed by atoms with van der Waals surface area (Å²) >= 11 is 0. The van der Waals surface area contributed by atoms with Crippen LogP contribution in [0.25, 0.3) is 10.8 Å². The molecule has 168 valence electrons. The SMILES string of the molecule is CC(C)N1CCC(CCCOc2ccc3cc(C(=O)N4CCOCC4)ccc3c2)CC1. The van der Waals surface area contributed by atoms with Crippen molar-refractivity contribution in [1.29, 1.82) is 0 Å². The zero-order valence-corrected chi connectivity index (χ0v) is 19.0. The zero-order valence-electron chi connectivity index (χ0n) is 19.0. The lowest BCUT2D eigenvalue weighted by Gasteiger charge is -2.34. The second kappa shape index (κ2) is 10.5. The summed E-state index contributed by atoms with van der Waals surface area (Å²) in [4.78, 5) is 17.2. The molecule has 0 unspecified atom stereocenters. The number of hydrogen-bond donors (Lipinski definition) is 0. The summed E-state index contributed by atoms with van der Waals surface area (Å²) in [7, 11) is 0. The number of likely N-dealkylation sites (tertiary alicyclic amines) is 1. The molecule has 2 aromatic carbocycles. The van der Waals surface area contributed by atoms with Crippen molar-refractivity contribution in [3.8, 4) is 5.75 Å². The van der Waals surface area contributed by atoms with Gasteiger partial charge in [0.05, 0.1) is 19.8 Å². The fourth-order valence-corrected chi connectivity index (χ4v) is 4.72. The van der Waals surface area contributed by atoms with Gasteiger partial charge in [-0.15, -0.1) is 0 Å². The topological polar surface area (TPSA) is 42.0 Å². The third-order valence-corrected chi connectivity index (χ3v) is 6.76. The molecule has 1 amide bonds. The van der Waals surface area contributed by atoms with Crippen LogP contribution in [-0.2, 0) is 4.74 Å². The van der Waals surface area contributed by atoms with Gasteiger partial charge in [-0.25, -0.2) is 0 Å². The van der Waals surface area contributed by atoms with E-state index >= 15 is 0 Å². The van der Waals surface area contributed by atoms with Crippen molar-refractivity contribution in [2.45, 2.75) is 45.6 Å². The van der Waals surface area contributed by atoms with E-state index in [2.05, 4.69) is 30.9 Å². The van der Waals surface area contributed by atoms with Crippen molar-refractivity contribution in [3.05, 3.63) is 42.0 Å². The molecular weight excluding hydrogens is 388 g/mol. The highest BCUT2D eigenvalue weighted by Gasteiger charge is 2.20. The lowest BCUT2D eigenvalue weighted by atomic mass is 9.92. The van der Waals surface area contributed by atoms with Crippen molar-refractivity contribution >= 4 is 16.7 Å². The molecule has 0 spiro atoms. The predicted octanol–water partition coefficient (Wildman–Crippen LogP) is 4.59. The van der Waals surface area contributed by atoms with Crippen LogP contribution in [0.4, 0.5) is 0 Å². The van der Waals surface area contributed by atoms with Crippen LogP contribution in [0, 0.1) is 5.92 Å². The van der Waals surface area contributed by atoms with E-state index < -0.39 is 0 Å². The minimum atomic E-state index is 0.0877. The maximum Gasteiger partial charge on any atom is 0.254 e. The maximum absolute atomic E-state index is 12.7. The third kappa shape index (κ3) is 5.78. The maximum atomic E-state index is 12.7. The second-order valence-electron chi connectivity index (χ2n) is 9.19. The van der Waals surface area contributed by atoms with E-state index in [1.54, 1.807) is 0 Å². The van der Waals surface area contributed by atoms with Crippen molar-refractivity contribution in [2.75, 3.05) is 46.0 Å². The van der Waals surface area contributed by atoms with Crippen LogP contribution < -0.4 is 4.74 Å². The first-order chi connectivity index (χ1) is 15.1. The Morgan fingerprint density at radius 3 is 2.48 bits per heavy atom. The Hall–Kier alpha value is -2.11. The van der Waals surface area contributed by atoms with Crippen molar-refractivity contribution in [2.24, 2.45) is 5.92 Å². The fourth-order valence-electron chi connectivity index (χ4n) is 4.72. The number of morpholine rings is 1. The van der Waals surface area contributed by atoms with Crippen LogP contribution in [0.15, 0.2) is 36.4 Å². The van der Waals surface area contributed by atoms with Gasteiger partial charge in [0, 0.05) is 24.7 Å². The first-order valence-electron chi connectivity index (χ1n) is 11.9. The molecule has 4 rings (SSSR count). The Kier molecular flexibility index (Phi) is 7.46. The van der Waals surface area contributed by atoms with E-state index in [1.165, 1.54) is 32.4 Å². The molecule has 0 N–H and O–H groups in total. The van der Waals surface area contributed by atoms with Crippen molar-refractivity contribution in [1.82, 2.24) is 9.80 Å². The standard InChI is InChI=1S/C26H36N2O3/c1-20(2)27-11-9-21(10-12-27)4-3-15-31-25-8-7-22-18-24(6-5-23(22)19-25)26(29)28-13-16-30-17-14-28/h5-8,18-21H,3-4,9-17H2,1-2H3. The first kappa shape index (κ1) is 22.1. The molecule has 2 aliphatic rings. The molecule has 2 aromatic rings. The smallest absolute Gasteiger partial charge is 0.254 e. The molecule has 2 fully saturated rings. The summed E-state index contributed by atoms with van der Waals surface area (Å²) in [6.45, 7) is 10.4. The molecule has 2 saturated heterocycles. The Morgan fingerprint density at radius 2 is 1.74 bits per heavy atom. The van der Waals surface area contributed by atoms with E-state index in [0.717, 1.165) is 41.0 Å². The van der Waals surface area contributed by atoms with Gasteiger partial charge in [-0.1, -0.05) is 12.1 Å². The Morgan fingerprint density at radius 1 is 1.03 bits per heavy atom. The second-order valence-corrected chi connectivity index (χ2v) is 9.19. The van der Waals surface area contributed by atoms with Gasteiger partial charge >= 0.3 is 0 Å². The molecule has 0 aromatic heterocycles. The van der Waals surface area contributed by atoms with E-state index in [0.29, 0.717) is 32.3 Å². The van der Waals surface area contributed by atoms with Crippen LogP contribution in [0.3, 0.4) is 0 Å². The summed E-state index contributed by atoms with van der Waals surface area (Å²) in [5.74, 6) is 1.84. The van der Waals surface area contributed by atoms with Crippen molar-refractivity contribution in [3.63, 3.8) is 0 Å². The number of amides is 1. The van der Waals surface area contributed by atoms with Crippen LogP contribution in [0.1, 0.15) is 49.9 Å². The minimum absolute atomic E-state index is 0.0877. The molecule has 2 aliphatic heterocycles. The van der Waals surface area contributed by atoms with Gasteiger partial charge < -0.3 is 19.3 Å². The number of carbonyl (C=O) groups excluding carboxylic acids is 1. The lowest BCUT2D eigenvalue weighted by molar-refractivity contribution is 0.0303. The molecule has 0 atom stereocenters. The Labute approximate surface area is 186 Å². The number of piperidine rings is 1. The summed E-state index contributed by atoms with van der Waals surface area (Å²) in [5.41, 5.74) is 0.742. The quantitative estimate of drug-likeness (QED) is 0.610. The third-order valence-electron chi connectivity index (χ3n) is 6.76. The number of fused-ring (bicyclic) bond motifs is 1. The van der Waals surface area contributed by atoms with Gasteiger partial charge in [-0.2, -0.15) is 0 Å². The van der Waals surface area contributed by atoms with Gasteiger partial charge in [0.1, 0.15) is 5.75 Å². The minimum Gasteiger partial charge on any atom is -0.494 e. The molecule has 2 heterocycles. The number of benzene rings is 2. The molecule has 0 saturated carbocycles. The molecule has 5 nitrogen and oxygen atoms in total. The number of nitrogens with zero attached hydrogens (tertiary/aromatic N) is 2. The average molecular weight is 425 g/mol. The average Bonchev–Trinajstić information content (AvgIpc) is 2.82. The van der Waals surface area contributed by atoms with Crippen LogP contribution in [-0.4, -0.2) is 67.7 Å². The number of ether oxygens (including phenoxy) is 2. The highest BCUT2D eigenvalue weighted by molar-refractivity contribution is 5.98. The van der Waals surface area contributed by atoms with Gasteiger partial charge in [0.25, 0.3) is 5.91 Å². The van der Waals surface area contributed by atoms with Gasteiger partial charge in [-0.3, -0.25) is 4.79 Å². The Bertz CT molecular complexity index is 868. The molecule has 0 aliphatic carbocycles.